The number of hydrogen-bond donors (Lipinski definition) is 1. The lowest BCUT2D eigenvalue weighted by molar-refractivity contribution is 0.102. The number of amides is 1. The van der Waals surface area contributed by atoms with E-state index in [4.69, 9.17) is 10.3 Å². The van der Waals surface area contributed by atoms with Crippen LogP contribution >= 0.6 is 0 Å². The van der Waals surface area contributed by atoms with Crippen LogP contribution in [0.15, 0.2) is 53.6 Å². The molecular formula is C14H12N4O2. The molecular weight excluding hydrogens is 256 g/mol. The monoisotopic (exact) mass is 268 g/mol. The summed E-state index contributed by atoms with van der Waals surface area (Å²) in [7, 11) is 1.58. The van der Waals surface area contributed by atoms with Gasteiger partial charge in [-0.05, 0) is 41.9 Å². The number of ether oxygens (including phenoxy) is 1. The summed E-state index contributed by atoms with van der Waals surface area (Å²) in [5.41, 5.74) is 9.93. The Morgan fingerprint density at radius 1 is 1.15 bits per heavy atom. The lowest BCUT2D eigenvalue weighted by Gasteiger charge is -2.06. The van der Waals surface area contributed by atoms with Gasteiger partial charge in [0.1, 0.15) is 5.75 Å². The van der Waals surface area contributed by atoms with Crippen LogP contribution < -0.4 is 10.1 Å². The van der Waals surface area contributed by atoms with Gasteiger partial charge < -0.3 is 10.1 Å². The van der Waals surface area contributed by atoms with Crippen molar-refractivity contribution in [3.8, 4) is 5.75 Å². The van der Waals surface area contributed by atoms with Gasteiger partial charge in [-0.2, -0.15) is 0 Å². The molecule has 2 rings (SSSR count). The predicted octanol–water partition coefficient (Wildman–Crippen LogP) is 3.89. The second-order valence-electron chi connectivity index (χ2n) is 3.92. The summed E-state index contributed by atoms with van der Waals surface area (Å²) in [6, 6.07) is 13.4. The minimum atomic E-state index is -0.234. The summed E-state index contributed by atoms with van der Waals surface area (Å²) in [4.78, 5) is 14.7. The second-order valence-corrected chi connectivity index (χ2v) is 3.92. The smallest absolute Gasteiger partial charge is 0.255 e. The molecule has 0 radical (unpaired) electrons. The Balaban J connectivity index is 2.08. The van der Waals surface area contributed by atoms with Crippen molar-refractivity contribution in [3.05, 3.63) is 64.5 Å². The molecule has 0 fully saturated rings. The highest BCUT2D eigenvalue weighted by Gasteiger charge is 2.05. The van der Waals surface area contributed by atoms with E-state index in [1.807, 2.05) is 0 Å². The number of anilines is 1. The van der Waals surface area contributed by atoms with Crippen LogP contribution in [0.2, 0.25) is 0 Å². The molecule has 20 heavy (non-hydrogen) atoms. The molecule has 6 heteroatoms. The maximum atomic E-state index is 12.0. The quantitative estimate of drug-likeness (QED) is 0.518. The van der Waals surface area contributed by atoms with E-state index in [2.05, 4.69) is 15.3 Å². The average Bonchev–Trinajstić information content (AvgIpc) is 2.49. The van der Waals surface area contributed by atoms with Crippen LogP contribution in [0.3, 0.4) is 0 Å². The van der Waals surface area contributed by atoms with Crippen molar-refractivity contribution in [2.45, 2.75) is 0 Å². The van der Waals surface area contributed by atoms with Gasteiger partial charge in [0.25, 0.3) is 5.91 Å². The zero-order chi connectivity index (χ0) is 14.4. The lowest BCUT2D eigenvalue weighted by atomic mass is 10.2. The third-order valence-electron chi connectivity index (χ3n) is 2.64. The third kappa shape index (κ3) is 3.28. The van der Waals surface area contributed by atoms with Crippen molar-refractivity contribution in [2.24, 2.45) is 5.11 Å². The van der Waals surface area contributed by atoms with Crippen LogP contribution in [0.25, 0.3) is 10.4 Å². The van der Waals surface area contributed by atoms with Crippen molar-refractivity contribution >= 4 is 17.3 Å². The number of azide groups is 1. The molecule has 2 aromatic rings. The molecule has 0 heterocycles. The molecule has 0 spiro atoms. The van der Waals surface area contributed by atoms with Crippen LogP contribution in [0.1, 0.15) is 10.4 Å². The maximum Gasteiger partial charge on any atom is 0.255 e. The van der Waals surface area contributed by atoms with E-state index in [1.165, 1.54) is 0 Å². The van der Waals surface area contributed by atoms with Gasteiger partial charge in [0.15, 0.2) is 0 Å². The second kappa shape index (κ2) is 6.26. The number of hydrogen-bond acceptors (Lipinski definition) is 3. The number of nitrogens with one attached hydrogen (secondary N) is 1. The Morgan fingerprint density at radius 3 is 2.35 bits per heavy atom. The van der Waals surface area contributed by atoms with Crippen LogP contribution in [-0.4, -0.2) is 13.0 Å². The van der Waals surface area contributed by atoms with Crippen molar-refractivity contribution in [2.75, 3.05) is 12.4 Å². The van der Waals surface area contributed by atoms with Crippen LogP contribution in [0.5, 0.6) is 5.75 Å². The lowest BCUT2D eigenvalue weighted by Crippen LogP contribution is -2.11. The van der Waals surface area contributed by atoms with Gasteiger partial charge in [-0.1, -0.05) is 17.2 Å². The van der Waals surface area contributed by atoms with E-state index < -0.39 is 0 Å². The number of carbonyl (C=O) groups is 1. The van der Waals surface area contributed by atoms with E-state index >= 15 is 0 Å². The number of nitrogens with zero attached hydrogens (tertiary/aromatic N) is 3. The van der Waals surface area contributed by atoms with E-state index in [0.717, 1.165) is 5.75 Å². The summed E-state index contributed by atoms with van der Waals surface area (Å²) in [5, 5.41) is 6.21. The number of rotatable bonds is 4. The van der Waals surface area contributed by atoms with Crippen molar-refractivity contribution in [3.63, 3.8) is 0 Å². The highest BCUT2D eigenvalue weighted by Crippen LogP contribution is 2.17. The third-order valence-corrected chi connectivity index (χ3v) is 2.64. The van der Waals surface area contributed by atoms with Crippen molar-refractivity contribution in [1.29, 1.82) is 0 Å². The Kier molecular flexibility index (Phi) is 4.21. The molecule has 1 N–H and O–H groups in total. The summed E-state index contributed by atoms with van der Waals surface area (Å²) in [5.74, 6) is 0.490. The highest BCUT2D eigenvalue weighted by molar-refractivity contribution is 6.04. The fourth-order valence-electron chi connectivity index (χ4n) is 1.61. The topological polar surface area (TPSA) is 87.1 Å². The SMILES string of the molecule is COc1ccc(NC(=O)c2ccc(N=[N+]=[N-])cc2)cc1. The van der Waals surface area contributed by atoms with Crippen molar-refractivity contribution < 1.29 is 9.53 Å². The minimum Gasteiger partial charge on any atom is -0.497 e. The van der Waals surface area contributed by atoms with Crippen LogP contribution in [0, 0.1) is 0 Å². The molecule has 0 unspecified atom stereocenters. The molecule has 2 aromatic carbocycles. The van der Waals surface area contributed by atoms with E-state index in [9.17, 15) is 4.79 Å². The highest BCUT2D eigenvalue weighted by atomic mass is 16.5. The van der Waals surface area contributed by atoms with Gasteiger partial charge in [-0.3, -0.25) is 4.79 Å². The zero-order valence-electron chi connectivity index (χ0n) is 10.8. The van der Waals surface area contributed by atoms with Gasteiger partial charge in [0, 0.05) is 21.8 Å². The van der Waals surface area contributed by atoms with Crippen molar-refractivity contribution in [1.82, 2.24) is 0 Å². The van der Waals surface area contributed by atoms with E-state index in [1.54, 1.807) is 55.6 Å². The van der Waals surface area contributed by atoms with Gasteiger partial charge in [0.2, 0.25) is 0 Å². The molecule has 0 aromatic heterocycles. The molecule has 0 bridgehead atoms. The average molecular weight is 268 g/mol. The van der Waals surface area contributed by atoms with Crippen LogP contribution in [0.4, 0.5) is 11.4 Å². The largest absolute Gasteiger partial charge is 0.497 e. The van der Waals surface area contributed by atoms with Gasteiger partial charge in [-0.25, -0.2) is 0 Å². The van der Waals surface area contributed by atoms with Crippen LogP contribution in [-0.2, 0) is 0 Å². The first kappa shape index (κ1) is 13.5. The maximum absolute atomic E-state index is 12.0. The minimum absolute atomic E-state index is 0.234. The van der Waals surface area contributed by atoms with Gasteiger partial charge in [0.05, 0.1) is 7.11 Å². The predicted molar refractivity (Wildman–Crippen MR) is 76.2 cm³/mol. The number of benzene rings is 2. The van der Waals surface area contributed by atoms with Gasteiger partial charge in [-0.15, -0.1) is 0 Å². The molecule has 100 valence electrons. The Hall–Kier alpha value is -2.98. The Morgan fingerprint density at radius 2 is 1.80 bits per heavy atom. The summed E-state index contributed by atoms with van der Waals surface area (Å²) in [6.45, 7) is 0. The normalized spacial score (nSPS) is 9.45. The summed E-state index contributed by atoms with van der Waals surface area (Å²) in [6.07, 6.45) is 0. The first-order chi connectivity index (χ1) is 9.72. The summed E-state index contributed by atoms with van der Waals surface area (Å²) < 4.78 is 5.04. The first-order valence-corrected chi connectivity index (χ1v) is 5.83. The summed E-state index contributed by atoms with van der Waals surface area (Å²) >= 11 is 0. The fraction of sp³-hybridized carbons (Fsp3) is 0.0714. The zero-order valence-corrected chi connectivity index (χ0v) is 10.8. The molecule has 0 saturated carbocycles. The molecule has 6 nitrogen and oxygen atoms in total. The fourth-order valence-corrected chi connectivity index (χ4v) is 1.61. The molecule has 0 atom stereocenters. The molecule has 0 saturated heterocycles. The standard InChI is InChI=1S/C14H12N4O2/c1-20-13-8-6-11(7-9-13)16-14(19)10-2-4-12(5-3-10)17-18-15/h2-9H,1H3,(H,16,19). The molecule has 0 aliphatic heterocycles. The molecule has 0 aliphatic carbocycles. The number of carbonyl (C=O) groups excluding carboxylic acids is 1. The molecule has 0 aliphatic rings. The molecule has 1 amide bonds. The number of methoxy groups -OCH3 is 1. The Bertz CT molecular complexity index is 644. The first-order valence-electron chi connectivity index (χ1n) is 5.83. The van der Waals surface area contributed by atoms with E-state index in [-0.39, 0.29) is 5.91 Å². The van der Waals surface area contributed by atoms with E-state index in [0.29, 0.717) is 16.9 Å². The Labute approximate surface area is 115 Å². The van der Waals surface area contributed by atoms with Gasteiger partial charge >= 0.3 is 0 Å².